The van der Waals surface area contributed by atoms with Gasteiger partial charge >= 0.3 is 5.97 Å². The number of nitrogens with zero attached hydrogens (tertiary/aromatic N) is 1. The van der Waals surface area contributed by atoms with Gasteiger partial charge in [-0.25, -0.2) is 4.79 Å². The van der Waals surface area contributed by atoms with Crippen LogP contribution in [0.5, 0.6) is 0 Å². The number of benzene rings is 1. The number of hydrogen-bond donors (Lipinski definition) is 1. The Bertz CT molecular complexity index is 483. The average molecular weight is 307 g/mol. The summed E-state index contributed by atoms with van der Waals surface area (Å²) in [5.74, 6) is -0.589. The first-order valence-corrected chi connectivity index (χ1v) is 7.56. The molecule has 0 aromatic heterocycles. The number of carbonyl (C=O) groups excluding carboxylic acids is 1. The highest BCUT2D eigenvalue weighted by atomic mass is 16.5. The largest absolute Gasteiger partial charge is 0.458 e. The fraction of sp³-hybridized carbons (Fsp3) is 0.529. The van der Waals surface area contributed by atoms with Crippen LogP contribution < -0.4 is 0 Å². The Hall–Kier alpha value is -1.88. The minimum absolute atomic E-state index is 0.0157. The van der Waals surface area contributed by atoms with Crippen molar-refractivity contribution in [3.05, 3.63) is 35.9 Å². The molecule has 1 aromatic carbocycles. The molecule has 0 aliphatic heterocycles. The smallest absolute Gasteiger partial charge is 0.356 e. The standard InChI is InChI=1S/C17H25NO4/c1-12(2)21-16(14-8-6-5-7-9-14)11-10-15(18-20)17(19)22-13(3)4/h5-9,12-13,16,20H,10-11H2,1-4H3. The van der Waals surface area contributed by atoms with Gasteiger partial charge in [-0.2, -0.15) is 0 Å². The van der Waals surface area contributed by atoms with Crippen LogP contribution >= 0.6 is 0 Å². The Balaban J connectivity index is 2.72. The zero-order valence-electron chi connectivity index (χ0n) is 13.7. The van der Waals surface area contributed by atoms with E-state index in [1.54, 1.807) is 13.8 Å². The summed E-state index contributed by atoms with van der Waals surface area (Å²) in [5, 5.41) is 12.1. The summed E-state index contributed by atoms with van der Waals surface area (Å²) >= 11 is 0. The Morgan fingerprint density at radius 1 is 1.14 bits per heavy atom. The molecule has 0 spiro atoms. The highest BCUT2D eigenvalue weighted by Gasteiger charge is 2.20. The molecule has 0 saturated heterocycles. The van der Waals surface area contributed by atoms with E-state index in [9.17, 15) is 4.79 Å². The first-order chi connectivity index (χ1) is 10.4. The maximum Gasteiger partial charge on any atom is 0.356 e. The van der Waals surface area contributed by atoms with Crippen molar-refractivity contribution in [1.82, 2.24) is 0 Å². The van der Waals surface area contributed by atoms with Crippen LogP contribution in [0.4, 0.5) is 0 Å². The van der Waals surface area contributed by atoms with Gasteiger partial charge in [0.05, 0.1) is 18.3 Å². The van der Waals surface area contributed by atoms with Crippen molar-refractivity contribution in [2.24, 2.45) is 5.16 Å². The molecule has 0 heterocycles. The normalized spacial score (nSPS) is 13.5. The van der Waals surface area contributed by atoms with E-state index in [0.717, 1.165) is 5.56 Å². The second-order valence-corrected chi connectivity index (χ2v) is 5.62. The number of carbonyl (C=O) groups is 1. The molecule has 5 nitrogen and oxygen atoms in total. The maximum atomic E-state index is 11.8. The second kappa shape index (κ2) is 9.20. The lowest BCUT2D eigenvalue weighted by molar-refractivity contribution is -0.139. The lowest BCUT2D eigenvalue weighted by Gasteiger charge is -2.21. The summed E-state index contributed by atoms with van der Waals surface area (Å²) in [6.07, 6.45) is 0.469. The molecular formula is C17H25NO4. The Labute approximate surface area is 131 Å². The molecule has 1 rings (SSSR count). The minimum Gasteiger partial charge on any atom is -0.458 e. The van der Waals surface area contributed by atoms with Gasteiger partial charge in [0.15, 0.2) is 5.71 Å². The summed E-state index contributed by atoms with van der Waals surface area (Å²) in [6.45, 7) is 7.43. The lowest BCUT2D eigenvalue weighted by Crippen LogP contribution is -2.22. The first-order valence-electron chi connectivity index (χ1n) is 7.56. The van der Waals surface area contributed by atoms with E-state index >= 15 is 0 Å². The van der Waals surface area contributed by atoms with E-state index in [2.05, 4.69) is 5.16 Å². The number of rotatable bonds is 8. The van der Waals surface area contributed by atoms with Crippen molar-refractivity contribution in [2.45, 2.75) is 58.8 Å². The Morgan fingerprint density at radius 3 is 2.27 bits per heavy atom. The predicted molar refractivity (Wildman–Crippen MR) is 85.1 cm³/mol. The molecule has 0 bridgehead atoms. The molecule has 0 radical (unpaired) electrons. The summed E-state index contributed by atoms with van der Waals surface area (Å²) in [5.41, 5.74) is 1.05. The number of oxime groups is 1. The molecule has 1 atom stereocenters. The maximum absolute atomic E-state index is 11.8. The number of hydrogen-bond acceptors (Lipinski definition) is 5. The number of ether oxygens (including phenoxy) is 2. The van der Waals surface area contributed by atoms with Crippen LogP contribution in [0.2, 0.25) is 0 Å². The minimum atomic E-state index is -0.589. The summed E-state index contributed by atoms with van der Waals surface area (Å²) < 4.78 is 11.0. The van der Waals surface area contributed by atoms with Gasteiger partial charge in [-0.05, 0) is 39.7 Å². The molecule has 1 unspecified atom stereocenters. The van der Waals surface area contributed by atoms with Gasteiger partial charge in [0.1, 0.15) is 0 Å². The summed E-state index contributed by atoms with van der Waals surface area (Å²) in [6, 6.07) is 9.79. The van der Waals surface area contributed by atoms with Gasteiger partial charge in [-0.1, -0.05) is 35.5 Å². The van der Waals surface area contributed by atoms with Gasteiger partial charge in [0.25, 0.3) is 0 Å². The molecular weight excluding hydrogens is 282 g/mol. The zero-order valence-corrected chi connectivity index (χ0v) is 13.7. The molecule has 1 N–H and O–H groups in total. The highest BCUT2D eigenvalue weighted by molar-refractivity contribution is 6.36. The predicted octanol–water partition coefficient (Wildman–Crippen LogP) is 3.71. The third-order valence-corrected chi connectivity index (χ3v) is 2.95. The van der Waals surface area contributed by atoms with Crippen molar-refractivity contribution in [2.75, 3.05) is 0 Å². The third kappa shape index (κ3) is 6.26. The van der Waals surface area contributed by atoms with Gasteiger partial charge in [-0.15, -0.1) is 0 Å². The van der Waals surface area contributed by atoms with Gasteiger partial charge in [0.2, 0.25) is 0 Å². The first kappa shape index (κ1) is 18.2. The van der Waals surface area contributed by atoms with Crippen LogP contribution in [0.15, 0.2) is 35.5 Å². The molecule has 0 saturated carbocycles. The van der Waals surface area contributed by atoms with Crippen molar-refractivity contribution >= 4 is 11.7 Å². The fourth-order valence-electron chi connectivity index (χ4n) is 2.05. The molecule has 0 aliphatic rings. The topological polar surface area (TPSA) is 68.1 Å². The molecule has 0 fully saturated rings. The molecule has 22 heavy (non-hydrogen) atoms. The molecule has 122 valence electrons. The fourth-order valence-corrected chi connectivity index (χ4v) is 2.05. The SMILES string of the molecule is CC(C)OC(=O)C(CCC(OC(C)C)c1ccccc1)=NO. The van der Waals surface area contributed by atoms with E-state index in [0.29, 0.717) is 6.42 Å². The molecule has 1 aromatic rings. The van der Waals surface area contributed by atoms with Crippen LogP contribution in [0.3, 0.4) is 0 Å². The Kier molecular flexibility index (Phi) is 7.60. The highest BCUT2D eigenvalue weighted by Crippen LogP contribution is 2.24. The number of esters is 1. The van der Waals surface area contributed by atoms with Gasteiger partial charge in [-0.3, -0.25) is 0 Å². The average Bonchev–Trinajstić information content (AvgIpc) is 2.46. The summed E-state index contributed by atoms with van der Waals surface area (Å²) in [7, 11) is 0. The van der Waals surface area contributed by atoms with Crippen LogP contribution in [-0.4, -0.2) is 29.1 Å². The van der Waals surface area contributed by atoms with E-state index in [1.165, 1.54) is 0 Å². The monoisotopic (exact) mass is 307 g/mol. The van der Waals surface area contributed by atoms with Crippen LogP contribution in [0, 0.1) is 0 Å². The lowest BCUT2D eigenvalue weighted by atomic mass is 10.0. The molecule has 5 heteroatoms. The zero-order chi connectivity index (χ0) is 16.5. The van der Waals surface area contributed by atoms with Crippen molar-refractivity contribution in [3.8, 4) is 0 Å². The summed E-state index contributed by atoms with van der Waals surface area (Å²) in [4.78, 5) is 11.8. The van der Waals surface area contributed by atoms with Crippen molar-refractivity contribution in [3.63, 3.8) is 0 Å². The van der Waals surface area contributed by atoms with E-state index < -0.39 is 5.97 Å². The van der Waals surface area contributed by atoms with Crippen LogP contribution in [0.25, 0.3) is 0 Å². The second-order valence-electron chi connectivity index (χ2n) is 5.62. The van der Waals surface area contributed by atoms with E-state index in [4.69, 9.17) is 14.7 Å². The van der Waals surface area contributed by atoms with Gasteiger partial charge < -0.3 is 14.7 Å². The molecule has 0 amide bonds. The van der Waals surface area contributed by atoms with Crippen molar-refractivity contribution < 1.29 is 19.5 Å². The van der Waals surface area contributed by atoms with Crippen molar-refractivity contribution in [1.29, 1.82) is 0 Å². The van der Waals surface area contributed by atoms with E-state index in [1.807, 2.05) is 44.2 Å². The van der Waals surface area contributed by atoms with Gasteiger partial charge in [0, 0.05) is 6.42 Å². The van der Waals surface area contributed by atoms with E-state index in [-0.39, 0.29) is 30.4 Å². The quantitative estimate of drug-likeness (QED) is 0.344. The van der Waals surface area contributed by atoms with Crippen LogP contribution in [0.1, 0.15) is 52.2 Å². The van der Waals surface area contributed by atoms with Crippen LogP contribution in [-0.2, 0) is 14.3 Å². The molecule has 0 aliphatic carbocycles. The third-order valence-electron chi connectivity index (χ3n) is 2.95. The Morgan fingerprint density at radius 2 is 1.77 bits per heavy atom.